The molecule has 2 aliphatic carbocycles. The van der Waals surface area contributed by atoms with E-state index in [1.165, 1.54) is 0 Å². The fourth-order valence-corrected chi connectivity index (χ4v) is 3.40. The molecule has 0 heterocycles. The maximum atomic E-state index is 11.8. The van der Waals surface area contributed by atoms with Gasteiger partial charge in [-0.2, -0.15) is 0 Å². The number of rotatable bonds is 4. The van der Waals surface area contributed by atoms with Gasteiger partial charge in [-0.05, 0) is 38.5 Å². The first-order valence-electron chi connectivity index (χ1n) is 6.71. The van der Waals surface area contributed by atoms with Crippen LogP contribution >= 0.6 is 0 Å². The van der Waals surface area contributed by atoms with Crippen LogP contribution < -0.4 is 0 Å². The summed E-state index contributed by atoms with van der Waals surface area (Å²) < 4.78 is 10.7. The summed E-state index contributed by atoms with van der Waals surface area (Å²) in [6.07, 6.45) is 9.46. The third-order valence-corrected chi connectivity index (χ3v) is 4.31. The minimum absolute atomic E-state index is 0.0126. The minimum atomic E-state index is -0.662. The van der Waals surface area contributed by atoms with Crippen LogP contribution in [0.3, 0.4) is 0 Å². The standard InChI is InChI=1S/C14H22O4/c1-17-10-18-12-7-5-9-14(13(15)16)8-4-2-3-6-11(12)14/h3,6,11-12H,2,4-5,7-10H2,1H3,(H,15,16)/t11-,12+,14-/m1/s1. The predicted octanol–water partition coefficient (Wildman–Crippen LogP) is 2.59. The van der Waals surface area contributed by atoms with Crippen molar-refractivity contribution >= 4 is 5.97 Å². The second-order valence-electron chi connectivity index (χ2n) is 5.31. The second kappa shape index (κ2) is 5.85. The average Bonchev–Trinajstić information content (AvgIpc) is 2.59. The number of allylic oxidation sites excluding steroid dienone is 1. The molecule has 3 atom stereocenters. The monoisotopic (exact) mass is 254 g/mol. The van der Waals surface area contributed by atoms with E-state index in [0.717, 1.165) is 38.5 Å². The highest BCUT2D eigenvalue weighted by atomic mass is 16.7. The number of hydrogen-bond acceptors (Lipinski definition) is 3. The summed E-state index contributed by atoms with van der Waals surface area (Å²) >= 11 is 0. The molecule has 0 radical (unpaired) electrons. The van der Waals surface area contributed by atoms with E-state index in [-0.39, 0.29) is 18.8 Å². The molecule has 0 aromatic heterocycles. The Morgan fingerprint density at radius 1 is 1.44 bits per heavy atom. The predicted molar refractivity (Wildman–Crippen MR) is 67.1 cm³/mol. The van der Waals surface area contributed by atoms with E-state index in [9.17, 15) is 9.90 Å². The molecule has 1 fully saturated rings. The van der Waals surface area contributed by atoms with Crippen molar-refractivity contribution in [1.29, 1.82) is 0 Å². The quantitative estimate of drug-likeness (QED) is 0.619. The zero-order chi connectivity index (χ0) is 13.0. The number of carboxylic acid groups (broad SMARTS) is 1. The number of methoxy groups -OCH3 is 1. The summed E-state index contributed by atoms with van der Waals surface area (Å²) in [7, 11) is 1.59. The first kappa shape index (κ1) is 13.6. The van der Waals surface area contributed by atoms with Crippen LogP contribution in [-0.4, -0.2) is 31.1 Å². The van der Waals surface area contributed by atoms with Gasteiger partial charge in [0.25, 0.3) is 0 Å². The fourth-order valence-electron chi connectivity index (χ4n) is 3.40. The lowest BCUT2D eigenvalue weighted by atomic mass is 9.63. The van der Waals surface area contributed by atoms with Gasteiger partial charge >= 0.3 is 5.97 Å². The summed E-state index contributed by atoms with van der Waals surface area (Å²) in [4.78, 5) is 11.8. The van der Waals surface area contributed by atoms with Crippen LogP contribution in [0.25, 0.3) is 0 Å². The zero-order valence-corrected chi connectivity index (χ0v) is 10.9. The van der Waals surface area contributed by atoms with Crippen molar-refractivity contribution in [2.45, 2.75) is 44.6 Å². The van der Waals surface area contributed by atoms with E-state index in [1.54, 1.807) is 7.11 Å². The van der Waals surface area contributed by atoms with Crippen molar-refractivity contribution < 1.29 is 19.4 Å². The third kappa shape index (κ3) is 2.45. The Hall–Kier alpha value is -0.870. The van der Waals surface area contributed by atoms with Crippen molar-refractivity contribution in [1.82, 2.24) is 0 Å². The highest BCUT2D eigenvalue weighted by molar-refractivity contribution is 5.76. The highest BCUT2D eigenvalue weighted by Gasteiger charge is 2.50. The van der Waals surface area contributed by atoms with Gasteiger partial charge in [-0.15, -0.1) is 0 Å². The lowest BCUT2D eigenvalue weighted by molar-refractivity contribution is -0.167. The van der Waals surface area contributed by atoms with E-state index >= 15 is 0 Å². The van der Waals surface area contributed by atoms with Crippen molar-refractivity contribution in [3.63, 3.8) is 0 Å². The normalized spacial score (nSPS) is 35.8. The number of carbonyl (C=O) groups is 1. The van der Waals surface area contributed by atoms with E-state index in [1.807, 2.05) is 0 Å². The first-order valence-corrected chi connectivity index (χ1v) is 6.71. The molecule has 2 rings (SSSR count). The number of fused-ring (bicyclic) bond motifs is 1. The molecule has 0 aromatic rings. The van der Waals surface area contributed by atoms with Gasteiger partial charge < -0.3 is 14.6 Å². The molecule has 2 aliphatic rings. The van der Waals surface area contributed by atoms with Crippen LogP contribution in [0.5, 0.6) is 0 Å². The van der Waals surface area contributed by atoms with E-state index < -0.39 is 11.4 Å². The minimum Gasteiger partial charge on any atom is -0.481 e. The van der Waals surface area contributed by atoms with Crippen molar-refractivity contribution in [2.75, 3.05) is 13.9 Å². The Bertz CT molecular complexity index is 326. The number of aliphatic carboxylic acids is 1. The molecule has 4 heteroatoms. The Balaban J connectivity index is 2.22. The second-order valence-corrected chi connectivity index (χ2v) is 5.31. The molecule has 0 aliphatic heterocycles. The van der Waals surface area contributed by atoms with Gasteiger partial charge in [-0.1, -0.05) is 12.2 Å². The summed E-state index contributed by atoms with van der Waals surface area (Å²) in [5.41, 5.74) is -0.621. The molecule has 102 valence electrons. The van der Waals surface area contributed by atoms with Crippen LogP contribution in [0, 0.1) is 11.3 Å². The topological polar surface area (TPSA) is 55.8 Å². The van der Waals surface area contributed by atoms with Crippen LogP contribution in [-0.2, 0) is 14.3 Å². The van der Waals surface area contributed by atoms with E-state index in [0.29, 0.717) is 0 Å². The third-order valence-electron chi connectivity index (χ3n) is 4.31. The first-order chi connectivity index (χ1) is 8.70. The summed E-state index contributed by atoms with van der Waals surface area (Å²) in [5, 5.41) is 9.67. The van der Waals surface area contributed by atoms with Gasteiger partial charge in [0.2, 0.25) is 0 Å². The van der Waals surface area contributed by atoms with Gasteiger partial charge in [0, 0.05) is 13.0 Å². The largest absolute Gasteiger partial charge is 0.481 e. The molecule has 0 amide bonds. The molecular weight excluding hydrogens is 232 g/mol. The van der Waals surface area contributed by atoms with Crippen LogP contribution in [0.1, 0.15) is 38.5 Å². The Morgan fingerprint density at radius 3 is 2.94 bits per heavy atom. The Labute approximate surface area is 108 Å². The maximum absolute atomic E-state index is 11.8. The van der Waals surface area contributed by atoms with E-state index in [2.05, 4.69) is 12.2 Å². The smallest absolute Gasteiger partial charge is 0.310 e. The van der Waals surface area contributed by atoms with Gasteiger partial charge in [0.05, 0.1) is 11.5 Å². The molecule has 0 spiro atoms. The van der Waals surface area contributed by atoms with Crippen LogP contribution in [0.2, 0.25) is 0 Å². The molecule has 0 unspecified atom stereocenters. The molecular formula is C14H22O4. The summed E-state index contributed by atoms with van der Waals surface area (Å²) in [5.74, 6) is -0.675. The SMILES string of the molecule is COCO[C@H]1CCC[C@]2(C(=O)O)CCCC=C[C@H]12. The lowest BCUT2D eigenvalue weighted by Crippen LogP contribution is -2.47. The molecule has 0 aromatic carbocycles. The maximum Gasteiger partial charge on any atom is 0.310 e. The average molecular weight is 254 g/mol. The molecule has 0 bridgehead atoms. The van der Waals surface area contributed by atoms with Gasteiger partial charge in [-0.3, -0.25) is 4.79 Å². The molecule has 0 saturated heterocycles. The Morgan fingerprint density at radius 2 is 2.22 bits per heavy atom. The number of carboxylic acids is 1. The van der Waals surface area contributed by atoms with Crippen molar-refractivity contribution in [2.24, 2.45) is 11.3 Å². The summed E-state index contributed by atoms with van der Waals surface area (Å²) in [6, 6.07) is 0. The summed E-state index contributed by atoms with van der Waals surface area (Å²) in [6.45, 7) is 0.241. The molecule has 1 N–H and O–H groups in total. The van der Waals surface area contributed by atoms with Gasteiger partial charge in [-0.25, -0.2) is 0 Å². The van der Waals surface area contributed by atoms with Crippen molar-refractivity contribution in [3.8, 4) is 0 Å². The molecule has 1 saturated carbocycles. The van der Waals surface area contributed by atoms with Gasteiger partial charge in [0.15, 0.2) is 0 Å². The van der Waals surface area contributed by atoms with Crippen LogP contribution in [0.15, 0.2) is 12.2 Å². The lowest BCUT2D eigenvalue weighted by Gasteiger charge is -2.43. The van der Waals surface area contributed by atoms with E-state index in [4.69, 9.17) is 9.47 Å². The fraction of sp³-hybridized carbons (Fsp3) is 0.786. The highest BCUT2D eigenvalue weighted by Crippen LogP contribution is 2.48. The Kier molecular flexibility index (Phi) is 4.40. The number of hydrogen-bond donors (Lipinski definition) is 1. The number of ether oxygens (including phenoxy) is 2. The van der Waals surface area contributed by atoms with Gasteiger partial charge in [0.1, 0.15) is 6.79 Å². The molecule has 4 nitrogen and oxygen atoms in total. The van der Waals surface area contributed by atoms with Crippen LogP contribution in [0.4, 0.5) is 0 Å². The van der Waals surface area contributed by atoms with Crippen molar-refractivity contribution in [3.05, 3.63) is 12.2 Å². The molecule has 18 heavy (non-hydrogen) atoms. The zero-order valence-electron chi connectivity index (χ0n) is 10.9.